The molecule has 0 heterocycles. The summed E-state index contributed by atoms with van der Waals surface area (Å²) in [5.41, 5.74) is 7.67. The normalized spacial score (nSPS) is 30.2. The van der Waals surface area contributed by atoms with E-state index in [1.54, 1.807) is 5.57 Å². The standard InChI is InChI=1S/C14H28N2/c1-11(2)13-6-5-7-14(10-16-15-4)12(3)8-9-13/h10-13,15-16H,5-9H2,1-4H3/b14-10-. The number of allylic oxidation sites excluding steroid dienone is 1. The van der Waals surface area contributed by atoms with Gasteiger partial charge in [0, 0.05) is 13.2 Å². The van der Waals surface area contributed by atoms with Crippen LogP contribution in [-0.4, -0.2) is 7.05 Å². The van der Waals surface area contributed by atoms with Gasteiger partial charge in [-0.3, -0.25) is 0 Å². The highest BCUT2D eigenvalue weighted by molar-refractivity contribution is 5.05. The second kappa shape index (κ2) is 6.95. The van der Waals surface area contributed by atoms with Gasteiger partial charge in [-0.2, -0.15) is 0 Å². The molecule has 0 aromatic rings. The number of hydrogen-bond donors (Lipinski definition) is 2. The Kier molecular flexibility index (Phi) is 5.89. The van der Waals surface area contributed by atoms with Gasteiger partial charge in [0.2, 0.25) is 0 Å². The predicted octanol–water partition coefficient (Wildman–Crippen LogP) is 3.47. The number of hydrazine groups is 1. The maximum absolute atomic E-state index is 3.12. The molecule has 0 spiro atoms. The molecule has 0 aromatic heterocycles. The number of nitrogens with one attached hydrogen (secondary N) is 2. The monoisotopic (exact) mass is 224 g/mol. The maximum atomic E-state index is 3.12. The van der Waals surface area contributed by atoms with Gasteiger partial charge in [-0.25, -0.2) is 5.43 Å². The van der Waals surface area contributed by atoms with E-state index in [0.717, 1.165) is 17.8 Å². The minimum absolute atomic E-state index is 0.738. The lowest BCUT2D eigenvalue weighted by molar-refractivity contribution is 0.292. The van der Waals surface area contributed by atoms with E-state index in [1.807, 2.05) is 7.05 Å². The van der Waals surface area contributed by atoms with Gasteiger partial charge in [-0.15, -0.1) is 0 Å². The van der Waals surface area contributed by atoms with Crippen LogP contribution >= 0.6 is 0 Å². The van der Waals surface area contributed by atoms with Crippen molar-refractivity contribution in [2.45, 2.75) is 52.9 Å². The van der Waals surface area contributed by atoms with Gasteiger partial charge in [0.1, 0.15) is 0 Å². The minimum atomic E-state index is 0.738. The zero-order valence-corrected chi connectivity index (χ0v) is 11.3. The third kappa shape index (κ3) is 4.17. The van der Waals surface area contributed by atoms with Crippen molar-refractivity contribution in [1.29, 1.82) is 0 Å². The minimum Gasteiger partial charge on any atom is -0.329 e. The summed E-state index contributed by atoms with van der Waals surface area (Å²) in [5, 5.41) is 0. The van der Waals surface area contributed by atoms with Gasteiger partial charge in [0.25, 0.3) is 0 Å². The van der Waals surface area contributed by atoms with Crippen molar-refractivity contribution in [3.05, 3.63) is 11.8 Å². The molecule has 0 bridgehead atoms. The predicted molar refractivity (Wildman–Crippen MR) is 70.9 cm³/mol. The molecule has 0 amide bonds. The van der Waals surface area contributed by atoms with Crippen molar-refractivity contribution in [1.82, 2.24) is 10.9 Å². The van der Waals surface area contributed by atoms with Crippen molar-refractivity contribution < 1.29 is 0 Å². The van der Waals surface area contributed by atoms with E-state index in [2.05, 4.69) is 37.8 Å². The first kappa shape index (κ1) is 13.6. The first-order valence-corrected chi connectivity index (χ1v) is 6.76. The Morgan fingerprint density at radius 2 is 2.00 bits per heavy atom. The van der Waals surface area contributed by atoms with Crippen LogP contribution in [0.5, 0.6) is 0 Å². The highest BCUT2D eigenvalue weighted by Gasteiger charge is 2.19. The van der Waals surface area contributed by atoms with E-state index < -0.39 is 0 Å². The van der Waals surface area contributed by atoms with Crippen LogP contribution in [0.15, 0.2) is 11.8 Å². The van der Waals surface area contributed by atoms with E-state index in [-0.39, 0.29) is 0 Å². The molecule has 0 radical (unpaired) electrons. The molecule has 16 heavy (non-hydrogen) atoms. The molecule has 0 aromatic carbocycles. The fourth-order valence-corrected chi connectivity index (χ4v) is 2.65. The number of hydrogen-bond acceptors (Lipinski definition) is 2. The molecule has 1 aliphatic rings. The molecule has 2 nitrogen and oxygen atoms in total. The van der Waals surface area contributed by atoms with E-state index in [4.69, 9.17) is 0 Å². The topological polar surface area (TPSA) is 24.1 Å². The van der Waals surface area contributed by atoms with Gasteiger partial charge in [0.05, 0.1) is 0 Å². The summed E-state index contributed by atoms with van der Waals surface area (Å²) >= 11 is 0. The fourth-order valence-electron chi connectivity index (χ4n) is 2.65. The summed E-state index contributed by atoms with van der Waals surface area (Å²) < 4.78 is 0. The lowest BCUT2D eigenvalue weighted by Crippen LogP contribution is -2.23. The summed E-state index contributed by atoms with van der Waals surface area (Å²) in [6.45, 7) is 7.11. The van der Waals surface area contributed by atoms with Crippen molar-refractivity contribution in [2.75, 3.05) is 7.05 Å². The zero-order valence-electron chi connectivity index (χ0n) is 11.3. The van der Waals surface area contributed by atoms with Crippen molar-refractivity contribution in [2.24, 2.45) is 17.8 Å². The second-order valence-corrected chi connectivity index (χ2v) is 5.49. The molecular formula is C14H28N2. The molecule has 2 unspecified atom stereocenters. The van der Waals surface area contributed by atoms with Crippen molar-refractivity contribution in [3.8, 4) is 0 Å². The highest BCUT2D eigenvalue weighted by Crippen LogP contribution is 2.32. The second-order valence-electron chi connectivity index (χ2n) is 5.49. The summed E-state index contributed by atoms with van der Waals surface area (Å²) in [4.78, 5) is 0. The maximum Gasteiger partial charge on any atom is 0.0120 e. The molecule has 94 valence electrons. The quantitative estimate of drug-likeness (QED) is 0.717. The average Bonchev–Trinajstić information content (AvgIpc) is 2.23. The molecule has 2 atom stereocenters. The Balaban J connectivity index is 2.51. The van der Waals surface area contributed by atoms with Gasteiger partial charge in [0.15, 0.2) is 0 Å². The Labute approximate surface area is 101 Å². The van der Waals surface area contributed by atoms with Crippen LogP contribution in [0.25, 0.3) is 0 Å². The van der Waals surface area contributed by atoms with Crippen LogP contribution in [0.3, 0.4) is 0 Å². The van der Waals surface area contributed by atoms with E-state index >= 15 is 0 Å². The van der Waals surface area contributed by atoms with Gasteiger partial charge in [-0.05, 0) is 49.9 Å². The molecule has 0 aliphatic heterocycles. The van der Waals surface area contributed by atoms with Gasteiger partial charge < -0.3 is 5.43 Å². The summed E-state index contributed by atoms with van der Waals surface area (Å²) in [5.74, 6) is 2.54. The molecule has 2 N–H and O–H groups in total. The number of rotatable bonds is 3. The van der Waals surface area contributed by atoms with E-state index in [9.17, 15) is 0 Å². The van der Waals surface area contributed by atoms with E-state index in [0.29, 0.717) is 0 Å². The highest BCUT2D eigenvalue weighted by atomic mass is 15.3. The largest absolute Gasteiger partial charge is 0.329 e. The Hall–Kier alpha value is -0.500. The average molecular weight is 224 g/mol. The van der Waals surface area contributed by atoms with Crippen LogP contribution in [0, 0.1) is 17.8 Å². The van der Waals surface area contributed by atoms with Gasteiger partial charge in [-0.1, -0.05) is 26.3 Å². The fraction of sp³-hybridized carbons (Fsp3) is 0.857. The summed E-state index contributed by atoms with van der Waals surface area (Å²) in [7, 11) is 1.92. The van der Waals surface area contributed by atoms with Crippen LogP contribution in [0.2, 0.25) is 0 Å². The van der Waals surface area contributed by atoms with Crippen LogP contribution in [0.1, 0.15) is 52.9 Å². The molecule has 1 fully saturated rings. The summed E-state index contributed by atoms with van der Waals surface area (Å²) in [6.07, 6.45) is 8.93. The summed E-state index contributed by atoms with van der Waals surface area (Å²) in [6, 6.07) is 0. The molecule has 1 aliphatic carbocycles. The molecule has 1 rings (SSSR count). The van der Waals surface area contributed by atoms with Gasteiger partial charge >= 0.3 is 0 Å². The zero-order chi connectivity index (χ0) is 12.0. The Bertz CT molecular complexity index is 221. The third-order valence-corrected chi connectivity index (χ3v) is 3.99. The Morgan fingerprint density at radius 1 is 1.25 bits per heavy atom. The Morgan fingerprint density at radius 3 is 2.62 bits per heavy atom. The van der Waals surface area contributed by atoms with Crippen molar-refractivity contribution in [3.63, 3.8) is 0 Å². The molecular weight excluding hydrogens is 196 g/mol. The lowest BCUT2D eigenvalue weighted by Gasteiger charge is -2.27. The van der Waals surface area contributed by atoms with E-state index in [1.165, 1.54) is 32.1 Å². The molecule has 1 saturated carbocycles. The lowest BCUT2D eigenvalue weighted by atomic mass is 9.79. The van der Waals surface area contributed by atoms with Crippen LogP contribution in [-0.2, 0) is 0 Å². The first-order chi connectivity index (χ1) is 7.65. The SMILES string of the molecule is CNN/C=C1/CCCC(C(C)C)CCC1C. The smallest absolute Gasteiger partial charge is 0.0120 e. The van der Waals surface area contributed by atoms with Crippen LogP contribution < -0.4 is 10.9 Å². The van der Waals surface area contributed by atoms with Crippen molar-refractivity contribution >= 4 is 0 Å². The first-order valence-electron chi connectivity index (χ1n) is 6.76. The molecule has 0 saturated heterocycles. The van der Waals surface area contributed by atoms with Crippen LogP contribution in [0.4, 0.5) is 0 Å². The molecule has 2 heteroatoms. The third-order valence-electron chi connectivity index (χ3n) is 3.99.